The highest BCUT2D eigenvalue weighted by molar-refractivity contribution is 7.13. The molecule has 2 aromatic heterocycles. The molecule has 0 spiro atoms. The second kappa shape index (κ2) is 4.45. The van der Waals surface area contributed by atoms with E-state index in [1.54, 1.807) is 13.8 Å². The molecule has 7 heteroatoms. The number of nitrogens with one attached hydrogen (secondary N) is 1. The molecule has 0 saturated carbocycles. The van der Waals surface area contributed by atoms with E-state index in [2.05, 4.69) is 10.3 Å². The number of hydrogen-bond acceptors (Lipinski definition) is 5. The van der Waals surface area contributed by atoms with Crippen LogP contribution in [0.15, 0.2) is 28.2 Å². The molecule has 0 atom stereocenters. The van der Waals surface area contributed by atoms with Crippen molar-refractivity contribution in [3.8, 4) is 10.8 Å². The molecule has 0 bridgehead atoms. The quantitative estimate of drug-likeness (QED) is 0.880. The second-order valence-corrected chi connectivity index (χ2v) is 6.02. The standard InChI is InChI=1S/C13H13N3O3S/c1-13(2)11(17)16(12(18)15-13)6-8-7-19-10(14-8)9-4-3-5-20-9/h3-5,7H,6H2,1-2H3,(H,15,18). The zero-order chi connectivity index (χ0) is 14.3. The van der Waals surface area contributed by atoms with E-state index in [1.165, 1.54) is 17.6 Å². The summed E-state index contributed by atoms with van der Waals surface area (Å²) in [6, 6.07) is 3.40. The number of aromatic nitrogens is 1. The van der Waals surface area contributed by atoms with E-state index in [4.69, 9.17) is 4.42 Å². The molecule has 104 valence electrons. The summed E-state index contributed by atoms with van der Waals surface area (Å²) in [5.41, 5.74) is -0.313. The Kier molecular flexibility index (Phi) is 2.86. The van der Waals surface area contributed by atoms with Gasteiger partial charge in [0.15, 0.2) is 0 Å². The summed E-state index contributed by atoms with van der Waals surface area (Å²) in [6.07, 6.45) is 1.47. The number of oxazole rings is 1. The fourth-order valence-electron chi connectivity index (χ4n) is 2.02. The maximum atomic E-state index is 12.1. The molecule has 3 heterocycles. The number of imide groups is 1. The van der Waals surface area contributed by atoms with Gasteiger partial charge in [0.25, 0.3) is 5.91 Å². The Morgan fingerprint density at radius 2 is 2.25 bits per heavy atom. The molecule has 0 unspecified atom stereocenters. The molecule has 6 nitrogen and oxygen atoms in total. The monoisotopic (exact) mass is 291 g/mol. The third kappa shape index (κ3) is 2.09. The van der Waals surface area contributed by atoms with E-state index in [9.17, 15) is 9.59 Å². The Morgan fingerprint density at radius 3 is 2.85 bits per heavy atom. The number of thiophene rings is 1. The first kappa shape index (κ1) is 12.9. The van der Waals surface area contributed by atoms with Crippen LogP contribution in [-0.2, 0) is 11.3 Å². The molecule has 1 saturated heterocycles. The van der Waals surface area contributed by atoms with Gasteiger partial charge in [-0.15, -0.1) is 11.3 Å². The highest BCUT2D eigenvalue weighted by Gasteiger charge is 2.44. The summed E-state index contributed by atoms with van der Waals surface area (Å²) in [7, 11) is 0. The Labute approximate surface area is 119 Å². The molecule has 0 radical (unpaired) electrons. The highest BCUT2D eigenvalue weighted by atomic mass is 32.1. The minimum Gasteiger partial charge on any atom is -0.443 e. The van der Waals surface area contributed by atoms with Gasteiger partial charge in [0.05, 0.1) is 17.1 Å². The first-order valence-electron chi connectivity index (χ1n) is 6.10. The number of amides is 3. The van der Waals surface area contributed by atoms with Gasteiger partial charge in [-0.05, 0) is 25.3 Å². The lowest BCUT2D eigenvalue weighted by molar-refractivity contribution is -0.130. The van der Waals surface area contributed by atoms with Crippen molar-refractivity contribution in [2.45, 2.75) is 25.9 Å². The maximum Gasteiger partial charge on any atom is 0.325 e. The van der Waals surface area contributed by atoms with E-state index >= 15 is 0 Å². The van der Waals surface area contributed by atoms with Crippen LogP contribution in [-0.4, -0.2) is 27.4 Å². The molecule has 3 rings (SSSR count). The van der Waals surface area contributed by atoms with Gasteiger partial charge in [-0.3, -0.25) is 9.69 Å². The van der Waals surface area contributed by atoms with Crippen molar-refractivity contribution in [1.29, 1.82) is 0 Å². The van der Waals surface area contributed by atoms with Crippen molar-refractivity contribution in [2.24, 2.45) is 0 Å². The molecule has 0 aliphatic carbocycles. The zero-order valence-corrected chi connectivity index (χ0v) is 11.9. The van der Waals surface area contributed by atoms with Gasteiger partial charge in [-0.25, -0.2) is 9.78 Å². The average Bonchev–Trinajstić information content (AvgIpc) is 3.07. The van der Waals surface area contributed by atoms with Crippen LogP contribution >= 0.6 is 11.3 Å². The Morgan fingerprint density at radius 1 is 1.45 bits per heavy atom. The summed E-state index contributed by atoms with van der Waals surface area (Å²) in [4.78, 5) is 30.2. The van der Waals surface area contributed by atoms with Crippen LogP contribution in [0.5, 0.6) is 0 Å². The zero-order valence-electron chi connectivity index (χ0n) is 11.0. The summed E-state index contributed by atoms with van der Waals surface area (Å²) in [5, 5.41) is 4.56. The molecule has 3 amide bonds. The topological polar surface area (TPSA) is 75.4 Å². The van der Waals surface area contributed by atoms with Gasteiger partial charge in [-0.1, -0.05) is 6.07 Å². The predicted octanol–water partition coefficient (Wildman–Crippen LogP) is 2.23. The van der Waals surface area contributed by atoms with Gasteiger partial charge in [0.2, 0.25) is 5.89 Å². The number of carbonyl (C=O) groups is 2. The van der Waals surface area contributed by atoms with Crippen molar-refractivity contribution in [2.75, 3.05) is 0 Å². The Hall–Kier alpha value is -2.15. The van der Waals surface area contributed by atoms with Crippen molar-refractivity contribution >= 4 is 23.3 Å². The molecule has 1 N–H and O–H groups in total. The summed E-state index contributed by atoms with van der Waals surface area (Å²) in [5.74, 6) is 0.240. The summed E-state index contributed by atoms with van der Waals surface area (Å²) >= 11 is 1.52. The predicted molar refractivity (Wildman–Crippen MR) is 73.0 cm³/mol. The minimum absolute atomic E-state index is 0.114. The second-order valence-electron chi connectivity index (χ2n) is 5.07. The number of carbonyl (C=O) groups excluding carboxylic acids is 2. The van der Waals surface area contributed by atoms with E-state index in [-0.39, 0.29) is 12.5 Å². The minimum atomic E-state index is -0.864. The van der Waals surface area contributed by atoms with Gasteiger partial charge < -0.3 is 9.73 Å². The van der Waals surface area contributed by atoms with Crippen molar-refractivity contribution < 1.29 is 14.0 Å². The molecular formula is C13H13N3O3S. The molecule has 1 fully saturated rings. The van der Waals surface area contributed by atoms with E-state index in [1.807, 2.05) is 17.5 Å². The van der Waals surface area contributed by atoms with Gasteiger partial charge in [0.1, 0.15) is 11.8 Å². The van der Waals surface area contributed by atoms with Crippen LogP contribution in [0.25, 0.3) is 10.8 Å². The van der Waals surface area contributed by atoms with Crippen LogP contribution in [0.2, 0.25) is 0 Å². The Balaban J connectivity index is 1.79. The fraction of sp³-hybridized carbons (Fsp3) is 0.308. The molecule has 2 aromatic rings. The largest absolute Gasteiger partial charge is 0.443 e. The summed E-state index contributed by atoms with van der Waals surface area (Å²) < 4.78 is 5.37. The smallest absolute Gasteiger partial charge is 0.325 e. The number of nitrogens with zero attached hydrogens (tertiary/aromatic N) is 2. The van der Waals surface area contributed by atoms with Crippen LogP contribution in [0, 0.1) is 0 Å². The van der Waals surface area contributed by atoms with Crippen LogP contribution in [0.3, 0.4) is 0 Å². The van der Waals surface area contributed by atoms with Gasteiger partial charge in [-0.2, -0.15) is 0 Å². The van der Waals surface area contributed by atoms with Gasteiger partial charge in [0, 0.05) is 0 Å². The Bertz CT molecular complexity index is 660. The molecular weight excluding hydrogens is 278 g/mol. The number of hydrogen-bond donors (Lipinski definition) is 1. The van der Waals surface area contributed by atoms with Crippen molar-refractivity contribution in [1.82, 2.24) is 15.2 Å². The molecule has 0 aromatic carbocycles. The lowest BCUT2D eigenvalue weighted by atomic mass is 10.1. The normalized spacial score (nSPS) is 17.6. The maximum absolute atomic E-state index is 12.1. The first-order valence-corrected chi connectivity index (χ1v) is 6.98. The van der Waals surface area contributed by atoms with Crippen molar-refractivity contribution in [3.63, 3.8) is 0 Å². The molecule has 1 aliphatic heterocycles. The molecule has 20 heavy (non-hydrogen) atoms. The van der Waals surface area contributed by atoms with E-state index in [0.29, 0.717) is 11.6 Å². The lowest BCUT2D eigenvalue weighted by Crippen LogP contribution is -2.40. The SMILES string of the molecule is CC1(C)NC(=O)N(Cc2coc(-c3cccs3)n2)C1=O. The van der Waals surface area contributed by atoms with Crippen molar-refractivity contribution in [3.05, 3.63) is 29.5 Å². The van der Waals surface area contributed by atoms with Gasteiger partial charge >= 0.3 is 6.03 Å². The molecule has 1 aliphatic rings. The van der Waals surface area contributed by atoms with Crippen LogP contribution < -0.4 is 5.32 Å². The average molecular weight is 291 g/mol. The highest BCUT2D eigenvalue weighted by Crippen LogP contribution is 2.25. The number of rotatable bonds is 3. The lowest BCUT2D eigenvalue weighted by Gasteiger charge is -2.14. The number of urea groups is 1. The summed E-state index contributed by atoms with van der Waals surface area (Å²) in [6.45, 7) is 3.46. The van der Waals surface area contributed by atoms with Crippen LogP contribution in [0.4, 0.5) is 4.79 Å². The van der Waals surface area contributed by atoms with E-state index in [0.717, 1.165) is 9.78 Å². The van der Waals surface area contributed by atoms with Crippen LogP contribution in [0.1, 0.15) is 19.5 Å². The first-order chi connectivity index (χ1) is 9.47. The fourth-order valence-corrected chi connectivity index (χ4v) is 2.67. The third-order valence-electron chi connectivity index (χ3n) is 3.05. The third-order valence-corrected chi connectivity index (χ3v) is 3.91. The van der Waals surface area contributed by atoms with E-state index < -0.39 is 11.6 Å².